The second-order valence-electron chi connectivity index (χ2n) is 7.37. The van der Waals surface area contributed by atoms with Crippen LogP contribution in [0.25, 0.3) is 0 Å². The lowest BCUT2D eigenvalue weighted by atomic mass is 9.57. The normalized spacial score (nSPS) is 24.8. The fraction of sp³-hybridized carbons (Fsp3) is 0.667. The van der Waals surface area contributed by atoms with E-state index in [1.54, 1.807) is 12.3 Å². The summed E-state index contributed by atoms with van der Waals surface area (Å²) in [7, 11) is 0. The third-order valence-corrected chi connectivity index (χ3v) is 3.85. The number of halogens is 1. The van der Waals surface area contributed by atoms with Crippen molar-refractivity contribution in [1.29, 1.82) is 0 Å². The smallest absolute Gasteiger partial charge is 0.146 e. The predicted octanol–water partition coefficient (Wildman–Crippen LogP) is 3.61. The largest absolute Gasteiger partial charge is 0.321 e. The molecule has 3 heteroatoms. The van der Waals surface area contributed by atoms with Crippen LogP contribution in [0.2, 0.25) is 0 Å². The molecular weight excluding hydrogens is 227 g/mol. The van der Waals surface area contributed by atoms with E-state index >= 15 is 0 Å². The third kappa shape index (κ3) is 2.56. The molecule has 0 atom stereocenters. The van der Waals surface area contributed by atoms with Gasteiger partial charge in [-0.25, -0.2) is 4.39 Å². The van der Waals surface area contributed by atoms with Crippen molar-refractivity contribution in [3.05, 3.63) is 29.8 Å². The summed E-state index contributed by atoms with van der Waals surface area (Å²) in [6, 6.07) is 1.73. The maximum Gasteiger partial charge on any atom is 0.146 e. The first kappa shape index (κ1) is 13.5. The zero-order chi connectivity index (χ0) is 13.6. The molecular formula is C15H23FN2. The van der Waals surface area contributed by atoms with Crippen molar-refractivity contribution in [1.82, 2.24) is 4.98 Å². The number of aromatic nitrogens is 1. The van der Waals surface area contributed by atoms with Gasteiger partial charge in [-0.3, -0.25) is 4.98 Å². The summed E-state index contributed by atoms with van der Waals surface area (Å²) in [6.07, 6.45) is 5.63. The highest BCUT2D eigenvalue weighted by Gasteiger charge is 2.47. The zero-order valence-electron chi connectivity index (χ0n) is 11.8. The molecule has 2 N–H and O–H groups in total. The number of hydrogen-bond donors (Lipinski definition) is 1. The van der Waals surface area contributed by atoms with E-state index in [4.69, 9.17) is 5.73 Å². The molecule has 0 aromatic carbocycles. The van der Waals surface area contributed by atoms with Crippen LogP contribution in [-0.2, 0) is 5.54 Å². The van der Waals surface area contributed by atoms with Crippen LogP contribution in [0, 0.1) is 16.6 Å². The number of hydrogen-bond acceptors (Lipinski definition) is 2. The lowest BCUT2D eigenvalue weighted by Crippen LogP contribution is -2.50. The van der Waals surface area contributed by atoms with E-state index in [2.05, 4.69) is 32.7 Å². The average Bonchev–Trinajstić information content (AvgIpc) is 2.11. The van der Waals surface area contributed by atoms with Crippen LogP contribution >= 0.6 is 0 Å². The Morgan fingerprint density at radius 3 is 2.17 bits per heavy atom. The minimum absolute atomic E-state index is 0.131. The van der Waals surface area contributed by atoms with Crippen LogP contribution < -0.4 is 5.73 Å². The molecule has 2 nitrogen and oxygen atoms in total. The molecule has 0 spiro atoms. The molecule has 1 heterocycles. The van der Waals surface area contributed by atoms with Crippen molar-refractivity contribution in [2.45, 2.75) is 52.5 Å². The molecule has 0 amide bonds. The first-order chi connectivity index (χ1) is 8.14. The topological polar surface area (TPSA) is 38.9 Å². The van der Waals surface area contributed by atoms with E-state index in [0.29, 0.717) is 5.56 Å². The standard InChI is InChI=1S/C15H23FN2/c1-13(2)8-14(3,4)10-15(17,9-13)11-5-6-18-7-12(11)16/h5-7H,8-10,17H2,1-4H3. The monoisotopic (exact) mass is 250 g/mol. The Bertz CT molecular complexity index is 436. The molecule has 18 heavy (non-hydrogen) atoms. The van der Waals surface area contributed by atoms with Crippen LogP contribution in [0.15, 0.2) is 18.5 Å². The molecule has 1 aromatic rings. The zero-order valence-corrected chi connectivity index (χ0v) is 11.8. The minimum Gasteiger partial charge on any atom is -0.321 e. The molecule has 0 bridgehead atoms. The number of nitrogens with two attached hydrogens (primary N) is 1. The summed E-state index contributed by atoms with van der Waals surface area (Å²) in [6.45, 7) is 8.87. The van der Waals surface area contributed by atoms with Gasteiger partial charge in [-0.2, -0.15) is 0 Å². The highest BCUT2D eigenvalue weighted by Crippen LogP contribution is 2.52. The van der Waals surface area contributed by atoms with Gasteiger partial charge in [-0.1, -0.05) is 27.7 Å². The lowest BCUT2D eigenvalue weighted by Gasteiger charge is -2.50. The molecule has 1 fully saturated rings. The van der Waals surface area contributed by atoms with Crippen LogP contribution in [0.4, 0.5) is 4.39 Å². The molecule has 1 saturated carbocycles. The highest BCUT2D eigenvalue weighted by molar-refractivity contribution is 5.25. The van der Waals surface area contributed by atoms with Crippen LogP contribution in [-0.4, -0.2) is 4.98 Å². The van der Waals surface area contributed by atoms with E-state index in [1.165, 1.54) is 6.20 Å². The number of nitrogens with zero attached hydrogens (tertiary/aromatic N) is 1. The van der Waals surface area contributed by atoms with Gasteiger partial charge < -0.3 is 5.73 Å². The van der Waals surface area contributed by atoms with Crippen molar-refractivity contribution in [3.63, 3.8) is 0 Å². The van der Waals surface area contributed by atoms with Gasteiger partial charge in [0, 0.05) is 17.3 Å². The van der Waals surface area contributed by atoms with E-state index in [9.17, 15) is 4.39 Å². The van der Waals surface area contributed by atoms with E-state index in [1.807, 2.05) is 0 Å². The SMILES string of the molecule is CC1(C)CC(C)(C)CC(N)(c2ccncc2F)C1. The van der Waals surface area contributed by atoms with Crippen molar-refractivity contribution in [3.8, 4) is 0 Å². The summed E-state index contributed by atoms with van der Waals surface area (Å²) in [4.78, 5) is 3.81. The van der Waals surface area contributed by atoms with Gasteiger partial charge in [0.25, 0.3) is 0 Å². The van der Waals surface area contributed by atoms with Crippen LogP contribution in [0.5, 0.6) is 0 Å². The molecule has 1 aliphatic rings. The van der Waals surface area contributed by atoms with Crippen LogP contribution in [0.3, 0.4) is 0 Å². The minimum atomic E-state index is -0.585. The molecule has 0 saturated heterocycles. The molecule has 0 aliphatic heterocycles. The summed E-state index contributed by atoms with van der Waals surface area (Å²) < 4.78 is 14.0. The maximum atomic E-state index is 14.0. The van der Waals surface area contributed by atoms with Gasteiger partial charge in [0.1, 0.15) is 5.82 Å². The fourth-order valence-electron chi connectivity index (χ4n) is 4.16. The molecule has 0 radical (unpaired) electrons. The highest BCUT2D eigenvalue weighted by atomic mass is 19.1. The number of rotatable bonds is 1. The Kier molecular flexibility index (Phi) is 3.01. The first-order valence-electron chi connectivity index (χ1n) is 6.53. The predicted molar refractivity (Wildman–Crippen MR) is 71.5 cm³/mol. The van der Waals surface area contributed by atoms with E-state index in [0.717, 1.165) is 19.3 Å². The molecule has 100 valence electrons. The second-order valence-corrected chi connectivity index (χ2v) is 7.37. The quantitative estimate of drug-likeness (QED) is 0.827. The van der Waals surface area contributed by atoms with Gasteiger partial charge >= 0.3 is 0 Å². The van der Waals surface area contributed by atoms with Crippen molar-refractivity contribution < 1.29 is 4.39 Å². The summed E-state index contributed by atoms with van der Waals surface area (Å²) in [5, 5.41) is 0. The molecule has 2 rings (SSSR count). The van der Waals surface area contributed by atoms with Gasteiger partial charge in [0.15, 0.2) is 0 Å². The van der Waals surface area contributed by atoms with Crippen molar-refractivity contribution in [2.75, 3.05) is 0 Å². The third-order valence-electron chi connectivity index (χ3n) is 3.85. The Labute approximate surface area is 109 Å². The van der Waals surface area contributed by atoms with Crippen molar-refractivity contribution >= 4 is 0 Å². The molecule has 1 aromatic heterocycles. The molecule has 0 unspecified atom stereocenters. The van der Waals surface area contributed by atoms with E-state index < -0.39 is 5.54 Å². The lowest BCUT2D eigenvalue weighted by molar-refractivity contribution is 0.0453. The van der Waals surface area contributed by atoms with E-state index in [-0.39, 0.29) is 16.6 Å². The van der Waals surface area contributed by atoms with Gasteiger partial charge in [0.2, 0.25) is 0 Å². The summed E-state index contributed by atoms with van der Waals surface area (Å²) in [5.74, 6) is -0.284. The van der Waals surface area contributed by atoms with Gasteiger partial charge in [-0.05, 0) is 36.2 Å². The average molecular weight is 250 g/mol. The maximum absolute atomic E-state index is 14.0. The second kappa shape index (κ2) is 4.02. The summed E-state index contributed by atoms with van der Waals surface area (Å²) in [5.41, 5.74) is 6.85. The Morgan fingerprint density at radius 2 is 1.67 bits per heavy atom. The van der Waals surface area contributed by atoms with Crippen LogP contribution in [0.1, 0.15) is 52.5 Å². The Hall–Kier alpha value is -0.960. The number of pyridine rings is 1. The fourth-order valence-corrected chi connectivity index (χ4v) is 4.16. The van der Waals surface area contributed by atoms with Gasteiger partial charge in [0.05, 0.1) is 6.20 Å². The summed E-state index contributed by atoms with van der Waals surface area (Å²) >= 11 is 0. The Balaban J connectivity index is 2.45. The van der Waals surface area contributed by atoms with Crippen molar-refractivity contribution in [2.24, 2.45) is 16.6 Å². The first-order valence-corrected chi connectivity index (χ1v) is 6.53. The Morgan fingerprint density at radius 1 is 1.11 bits per heavy atom. The van der Waals surface area contributed by atoms with Gasteiger partial charge in [-0.15, -0.1) is 0 Å². The molecule has 1 aliphatic carbocycles.